The molecule has 0 bridgehead atoms. The predicted octanol–water partition coefficient (Wildman–Crippen LogP) is 2.40. The molecule has 4 nitrogen and oxygen atoms in total. The number of hydrogen-bond donors (Lipinski definition) is 2. The van der Waals surface area contributed by atoms with Crippen molar-refractivity contribution in [3.63, 3.8) is 0 Å². The average Bonchev–Trinajstić information content (AvgIpc) is 3.20. The Morgan fingerprint density at radius 1 is 1.38 bits per heavy atom. The van der Waals surface area contributed by atoms with Crippen LogP contribution < -0.4 is 10.0 Å². The van der Waals surface area contributed by atoms with Gasteiger partial charge in [0.05, 0.1) is 4.90 Å². The average molecular weight is 314 g/mol. The van der Waals surface area contributed by atoms with Crippen LogP contribution >= 0.6 is 0 Å². The van der Waals surface area contributed by atoms with Crippen molar-refractivity contribution >= 4 is 10.0 Å². The molecule has 6 heteroatoms. The molecular weight excluding hydrogens is 291 g/mol. The second kappa shape index (κ2) is 6.85. The van der Waals surface area contributed by atoms with Gasteiger partial charge in [-0.3, -0.25) is 0 Å². The third kappa shape index (κ3) is 4.76. The minimum Gasteiger partial charge on any atom is -0.313 e. The predicted molar refractivity (Wildman–Crippen MR) is 80.9 cm³/mol. The van der Waals surface area contributed by atoms with Crippen LogP contribution in [-0.2, 0) is 16.6 Å². The lowest BCUT2D eigenvalue weighted by Crippen LogP contribution is -2.33. The van der Waals surface area contributed by atoms with Crippen LogP contribution in [-0.4, -0.2) is 21.0 Å². The van der Waals surface area contributed by atoms with Gasteiger partial charge in [-0.2, -0.15) is 0 Å². The van der Waals surface area contributed by atoms with Crippen molar-refractivity contribution in [1.82, 2.24) is 10.0 Å². The third-order valence-corrected chi connectivity index (χ3v) is 5.22. The lowest BCUT2D eigenvalue weighted by molar-refractivity contribution is 0.529. The van der Waals surface area contributed by atoms with Crippen LogP contribution in [0.25, 0.3) is 0 Å². The van der Waals surface area contributed by atoms with Crippen molar-refractivity contribution in [1.29, 1.82) is 0 Å². The van der Waals surface area contributed by atoms with E-state index in [0.29, 0.717) is 24.6 Å². The fraction of sp³-hybridized carbons (Fsp3) is 0.600. The van der Waals surface area contributed by atoms with Gasteiger partial charge in [0.25, 0.3) is 0 Å². The van der Waals surface area contributed by atoms with E-state index in [1.165, 1.54) is 31.0 Å². The van der Waals surface area contributed by atoms with Crippen molar-refractivity contribution < 1.29 is 12.8 Å². The molecule has 0 spiro atoms. The maximum absolute atomic E-state index is 13.7. The summed E-state index contributed by atoms with van der Waals surface area (Å²) in [5.74, 6) is 0.265. The molecule has 1 saturated carbocycles. The first kappa shape index (κ1) is 16.4. The Bertz CT molecular complexity index is 585. The van der Waals surface area contributed by atoms with Crippen molar-refractivity contribution in [3.05, 3.63) is 29.6 Å². The lowest BCUT2D eigenvalue weighted by Gasteiger charge is -2.14. The van der Waals surface area contributed by atoms with Gasteiger partial charge in [0.15, 0.2) is 0 Å². The van der Waals surface area contributed by atoms with Crippen molar-refractivity contribution in [2.24, 2.45) is 5.92 Å². The maximum atomic E-state index is 13.7. The summed E-state index contributed by atoms with van der Waals surface area (Å²) in [6.45, 7) is 4.81. The largest absolute Gasteiger partial charge is 0.313 e. The van der Waals surface area contributed by atoms with Gasteiger partial charge in [0.1, 0.15) is 5.82 Å². The summed E-state index contributed by atoms with van der Waals surface area (Å²) in [4.78, 5) is 0.124. The van der Waals surface area contributed by atoms with Gasteiger partial charge in [0.2, 0.25) is 10.0 Å². The first-order valence-electron chi connectivity index (χ1n) is 7.44. The Balaban J connectivity index is 2.10. The molecule has 1 atom stereocenters. The van der Waals surface area contributed by atoms with Crippen molar-refractivity contribution in [2.75, 3.05) is 6.54 Å². The Hall–Kier alpha value is -0.980. The number of rotatable bonds is 8. The van der Waals surface area contributed by atoms with Gasteiger partial charge < -0.3 is 5.32 Å². The first-order valence-corrected chi connectivity index (χ1v) is 8.92. The normalized spacial score (nSPS) is 16.9. The SMILES string of the molecule is CCNCc1cc(S(=O)(=O)NC(C)CC2CC2)ccc1F. The van der Waals surface area contributed by atoms with Crippen LogP contribution in [0.5, 0.6) is 0 Å². The molecule has 1 aliphatic carbocycles. The van der Waals surface area contributed by atoms with E-state index >= 15 is 0 Å². The number of nitrogens with one attached hydrogen (secondary N) is 2. The maximum Gasteiger partial charge on any atom is 0.240 e. The summed E-state index contributed by atoms with van der Waals surface area (Å²) in [5, 5.41) is 3.00. The molecule has 1 fully saturated rings. The summed E-state index contributed by atoms with van der Waals surface area (Å²) in [6.07, 6.45) is 3.25. The Kier molecular flexibility index (Phi) is 5.35. The number of hydrogen-bond acceptors (Lipinski definition) is 3. The minimum absolute atomic E-state index is 0.0928. The van der Waals surface area contributed by atoms with E-state index in [2.05, 4.69) is 10.0 Å². The van der Waals surface area contributed by atoms with Crippen LogP contribution in [0.1, 0.15) is 38.7 Å². The summed E-state index contributed by atoms with van der Waals surface area (Å²) in [7, 11) is -3.59. The Morgan fingerprint density at radius 2 is 2.10 bits per heavy atom. The molecule has 0 heterocycles. The molecule has 21 heavy (non-hydrogen) atoms. The second-order valence-electron chi connectivity index (χ2n) is 5.73. The molecule has 0 saturated heterocycles. The highest BCUT2D eigenvalue weighted by Gasteiger charge is 2.26. The highest BCUT2D eigenvalue weighted by molar-refractivity contribution is 7.89. The molecule has 1 aromatic rings. The number of sulfonamides is 1. The van der Waals surface area contributed by atoms with Gasteiger partial charge in [-0.1, -0.05) is 19.8 Å². The number of halogens is 1. The molecule has 0 amide bonds. The molecule has 1 aliphatic rings. The fourth-order valence-corrected chi connectivity index (χ4v) is 3.65. The minimum atomic E-state index is -3.59. The fourth-order valence-electron chi connectivity index (χ4n) is 2.35. The molecule has 1 aromatic carbocycles. The molecule has 2 N–H and O–H groups in total. The molecule has 2 rings (SSSR count). The van der Waals surface area contributed by atoms with E-state index in [4.69, 9.17) is 0 Å². The van der Waals surface area contributed by atoms with Crippen molar-refractivity contribution in [2.45, 2.75) is 50.6 Å². The summed E-state index contributed by atoms with van der Waals surface area (Å²) < 4.78 is 41.0. The molecular formula is C15H23FN2O2S. The molecule has 0 radical (unpaired) electrons. The molecule has 118 valence electrons. The number of benzene rings is 1. The third-order valence-electron chi connectivity index (χ3n) is 3.63. The molecule has 0 aromatic heterocycles. The van der Waals surface area contributed by atoms with E-state index in [-0.39, 0.29) is 16.8 Å². The second-order valence-corrected chi connectivity index (χ2v) is 7.45. The summed E-state index contributed by atoms with van der Waals surface area (Å²) in [5.41, 5.74) is 0.370. The van der Waals surface area contributed by atoms with E-state index in [1.54, 1.807) is 0 Å². The van der Waals surface area contributed by atoms with Crippen molar-refractivity contribution in [3.8, 4) is 0 Å². The Morgan fingerprint density at radius 3 is 2.71 bits per heavy atom. The van der Waals surface area contributed by atoms with Crippen LogP contribution in [0, 0.1) is 11.7 Å². The quantitative estimate of drug-likeness (QED) is 0.774. The zero-order chi connectivity index (χ0) is 15.5. The van der Waals surface area contributed by atoms with Gasteiger partial charge in [-0.15, -0.1) is 0 Å². The van der Waals surface area contributed by atoms with E-state index < -0.39 is 10.0 Å². The zero-order valence-corrected chi connectivity index (χ0v) is 13.3. The topological polar surface area (TPSA) is 58.2 Å². The van der Waals surface area contributed by atoms with Crippen LogP contribution in [0.4, 0.5) is 4.39 Å². The van der Waals surface area contributed by atoms with Crippen LogP contribution in [0.3, 0.4) is 0 Å². The highest BCUT2D eigenvalue weighted by atomic mass is 32.2. The van der Waals surface area contributed by atoms with Gasteiger partial charge in [0, 0.05) is 18.2 Å². The van der Waals surface area contributed by atoms with E-state index in [1.807, 2.05) is 13.8 Å². The van der Waals surface area contributed by atoms with E-state index in [9.17, 15) is 12.8 Å². The van der Waals surface area contributed by atoms with Gasteiger partial charge >= 0.3 is 0 Å². The van der Waals surface area contributed by atoms with Crippen LogP contribution in [0.15, 0.2) is 23.1 Å². The summed E-state index contributed by atoms with van der Waals surface area (Å²) in [6, 6.07) is 3.85. The standard InChI is InChI=1S/C15H23FN2O2S/c1-3-17-10-13-9-14(6-7-15(13)16)21(19,20)18-11(2)8-12-4-5-12/h6-7,9,11-12,17-18H,3-5,8,10H2,1-2H3. The van der Waals surface area contributed by atoms with E-state index in [0.717, 1.165) is 6.42 Å². The Labute approximate surface area is 126 Å². The highest BCUT2D eigenvalue weighted by Crippen LogP contribution is 2.33. The molecule has 0 aliphatic heterocycles. The zero-order valence-electron chi connectivity index (χ0n) is 12.5. The lowest BCUT2D eigenvalue weighted by atomic mass is 10.2. The summed E-state index contributed by atoms with van der Waals surface area (Å²) >= 11 is 0. The first-order chi connectivity index (χ1) is 9.92. The van der Waals surface area contributed by atoms with Gasteiger partial charge in [-0.05, 0) is 44.0 Å². The van der Waals surface area contributed by atoms with Crippen LogP contribution in [0.2, 0.25) is 0 Å². The monoisotopic (exact) mass is 314 g/mol. The van der Waals surface area contributed by atoms with Gasteiger partial charge in [-0.25, -0.2) is 17.5 Å². The smallest absolute Gasteiger partial charge is 0.240 e. The molecule has 1 unspecified atom stereocenters.